The summed E-state index contributed by atoms with van der Waals surface area (Å²) in [6.07, 6.45) is 16.5. The molecule has 0 aliphatic rings. The molecule has 0 aliphatic carbocycles. The molecule has 11 heterocycles. The van der Waals surface area contributed by atoms with Crippen molar-refractivity contribution in [2.75, 3.05) is 0 Å². The molecule has 0 aliphatic heterocycles. The van der Waals surface area contributed by atoms with Gasteiger partial charge in [-0.05, 0) is 205 Å². The van der Waals surface area contributed by atoms with Crippen LogP contribution < -0.4 is 0 Å². The van der Waals surface area contributed by atoms with Crippen molar-refractivity contribution in [3.63, 3.8) is 0 Å². The maximum Gasteiger partial charge on any atom is 0.147 e. The summed E-state index contributed by atoms with van der Waals surface area (Å²) in [4.78, 5) is 47.2. The highest BCUT2D eigenvalue weighted by Gasteiger charge is 2.12. The molecule has 124 heavy (non-hydrogen) atoms. The third kappa shape index (κ3) is 29.8. The molecule has 610 valence electrons. The summed E-state index contributed by atoms with van der Waals surface area (Å²) in [5.74, 6) is 0.406. The van der Waals surface area contributed by atoms with Crippen molar-refractivity contribution in [1.82, 2.24) is 75.2 Å². The Balaban J connectivity index is 0.000000139. The van der Waals surface area contributed by atoms with Crippen molar-refractivity contribution < 1.29 is 4.39 Å². The van der Waals surface area contributed by atoms with Crippen LogP contribution in [-0.4, -0.2) is 75.2 Å². The van der Waals surface area contributed by atoms with Crippen molar-refractivity contribution in [3.05, 3.63) is 477 Å². The molecule has 11 aromatic heterocycles. The van der Waals surface area contributed by atoms with Gasteiger partial charge < -0.3 is 0 Å². The smallest absolute Gasteiger partial charge is 0.147 e. The van der Waals surface area contributed by atoms with Crippen LogP contribution in [0.5, 0.6) is 0 Å². The Labute approximate surface area is 726 Å². The minimum Gasteiger partial charge on any atom is -0.262 e. The average Bonchev–Trinajstić information content (AvgIpc) is 0.799. The van der Waals surface area contributed by atoms with E-state index in [9.17, 15) is 4.39 Å². The molecule has 19 rings (SSSR count). The third-order valence-electron chi connectivity index (χ3n) is 18.4. The molecule has 0 saturated carbocycles. The molecule has 0 atom stereocenters. The van der Waals surface area contributed by atoms with Gasteiger partial charge in [0.1, 0.15) is 18.0 Å². The molecule has 8 aromatic carbocycles. The Bertz CT molecular complexity index is 5880. The maximum absolute atomic E-state index is 12.6. The summed E-state index contributed by atoms with van der Waals surface area (Å²) in [6.45, 7) is 18.1. The van der Waals surface area contributed by atoms with E-state index >= 15 is 0 Å². The van der Waals surface area contributed by atoms with E-state index in [1.807, 2.05) is 240 Å². The predicted octanol–water partition coefficient (Wildman–Crippen LogP) is 25.7. The van der Waals surface area contributed by atoms with E-state index in [0.29, 0.717) is 5.82 Å². The number of nitrogens with zero attached hydrogens (tertiary/aromatic N) is 15. The second-order valence-electron chi connectivity index (χ2n) is 28.5. The van der Waals surface area contributed by atoms with Crippen molar-refractivity contribution in [2.24, 2.45) is 0 Å². The second kappa shape index (κ2) is 48.2. The van der Waals surface area contributed by atoms with Crippen molar-refractivity contribution in [2.45, 2.75) is 62.3 Å². The van der Waals surface area contributed by atoms with Gasteiger partial charge in [0.25, 0.3) is 0 Å². The van der Waals surface area contributed by atoms with E-state index in [2.05, 4.69) is 245 Å². The van der Waals surface area contributed by atoms with Crippen molar-refractivity contribution >= 4 is 0 Å². The van der Waals surface area contributed by atoms with Crippen LogP contribution in [-0.2, 0) is 0 Å². The van der Waals surface area contributed by atoms with E-state index < -0.39 is 0 Å². The molecule has 0 unspecified atom stereocenters. The van der Waals surface area contributed by atoms with Gasteiger partial charge in [0.05, 0.1) is 81.2 Å². The zero-order chi connectivity index (χ0) is 86.7. The van der Waals surface area contributed by atoms with Crippen molar-refractivity contribution in [3.8, 4) is 113 Å². The van der Waals surface area contributed by atoms with Gasteiger partial charge in [-0.2, -0.15) is 10.2 Å². The molecule has 0 N–H and O–H groups in total. The molecule has 16 heteroatoms. The Kier molecular flexibility index (Phi) is 34.5. The first-order valence-corrected chi connectivity index (χ1v) is 40.4. The molecule has 0 fully saturated rings. The number of hydrogen-bond donors (Lipinski definition) is 0. The van der Waals surface area contributed by atoms with Gasteiger partial charge in [-0.1, -0.05) is 265 Å². The minimum atomic E-state index is -0.305. The zero-order valence-electron chi connectivity index (χ0n) is 70.9. The van der Waals surface area contributed by atoms with Crippen LogP contribution >= 0.6 is 0 Å². The van der Waals surface area contributed by atoms with Crippen LogP contribution in [0, 0.1) is 68.1 Å². The van der Waals surface area contributed by atoms with E-state index in [-0.39, 0.29) is 5.82 Å². The van der Waals surface area contributed by atoms with E-state index in [1.165, 1.54) is 74.2 Å². The lowest BCUT2D eigenvalue weighted by atomic mass is 10.0. The highest BCUT2D eigenvalue weighted by molar-refractivity contribution is 5.75. The number of aromatic nitrogens is 15. The molecular formula is C108H96FN15. The fraction of sp³-hybridized carbons (Fsp3) is 0.0833. The molecule has 15 nitrogen and oxygen atoms in total. The molecule has 0 amide bonds. The van der Waals surface area contributed by atoms with Gasteiger partial charge in [-0.25, -0.2) is 24.3 Å². The van der Waals surface area contributed by atoms with Gasteiger partial charge in [-0.15, -0.1) is 10.2 Å². The number of benzene rings is 8. The summed E-state index contributed by atoms with van der Waals surface area (Å²) < 4.78 is 12.6. The monoisotopic (exact) mass is 1620 g/mol. The summed E-state index contributed by atoms with van der Waals surface area (Å²) in [6, 6.07) is 120. The number of hydrogen-bond acceptors (Lipinski definition) is 15. The third-order valence-corrected chi connectivity index (χ3v) is 18.4. The fourth-order valence-corrected chi connectivity index (χ4v) is 12.1. The largest absolute Gasteiger partial charge is 0.262 e. The SMILES string of the molecule is Cc1cc(-c2ccccc2)ccn1.Cc1cc(-c2ccccc2)nc(-c2ccccc2)c1.Cc1ccc(-c2cc(-c3ccccn3)nc(-c3ccccn3)c2)cc1.Cc1ccc(-c2ccc(F)cn2)cc1.Cc1ccc(-c2ccccn2)cc1.Cc1cccc(-c2ccccc2)n1.Cc1cccc(-c2ccccn2)c1.Cc1cncnn1.Cc1nccnn1. The van der Waals surface area contributed by atoms with Gasteiger partial charge in [0, 0.05) is 81.9 Å². The van der Waals surface area contributed by atoms with Crippen LogP contribution in [0.4, 0.5) is 4.39 Å². The summed E-state index contributed by atoms with van der Waals surface area (Å²) in [5.41, 5.74) is 30.1. The first kappa shape index (κ1) is 88.9. The van der Waals surface area contributed by atoms with Crippen LogP contribution in [0.25, 0.3) is 113 Å². The molecular weight excluding hydrogens is 1530 g/mol. The number of halogens is 1. The van der Waals surface area contributed by atoms with Gasteiger partial charge in [0.15, 0.2) is 0 Å². The van der Waals surface area contributed by atoms with Crippen molar-refractivity contribution in [1.29, 1.82) is 0 Å². The van der Waals surface area contributed by atoms with E-state index in [1.54, 1.807) is 44.0 Å². The number of rotatable bonds is 10. The topological polar surface area (TPSA) is 193 Å². The Morgan fingerprint density at radius 3 is 1.03 bits per heavy atom. The van der Waals surface area contributed by atoms with Crippen LogP contribution in [0.1, 0.15) is 50.7 Å². The standard InChI is InChI=1S/C22H17N3.C18H15N.C12H10FN.4C12H11N.2C4H5N3/c1-16-8-10-17(11-9-16)18-14-21(19-6-2-4-12-23-19)25-22(15-18)20-7-3-5-13-24-20;1-14-12-17(15-8-4-2-5-9-15)19-18(13-14)16-10-6-3-7-11-16;1-9-2-4-10(5-3-9)12-7-6-11(13)8-14-12;1-10-5-4-6-11(9-10)12-7-2-3-8-13-12;1-10-5-7-11(8-6-10)12-4-2-3-9-13-12;1-10-6-5-9-12(13-10)11-7-3-2-4-8-11;1-10-9-12(7-8-13-10)11-5-3-2-4-6-11;1-4-2-5-3-6-7-4;1-4-5-2-3-6-7-4/h2-15H,1H3;2-13H,1H3;2-8H,1H3;4*2-9H,1H3;2*2-3H,1H3. The maximum atomic E-state index is 12.6. The normalized spacial score (nSPS) is 10.0. The van der Waals surface area contributed by atoms with Crippen LogP contribution in [0.2, 0.25) is 0 Å². The van der Waals surface area contributed by atoms with Crippen LogP contribution in [0.15, 0.2) is 420 Å². The predicted molar refractivity (Wildman–Crippen MR) is 502 cm³/mol. The summed E-state index contributed by atoms with van der Waals surface area (Å²) in [7, 11) is 0. The lowest BCUT2D eigenvalue weighted by Gasteiger charge is -2.09. The van der Waals surface area contributed by atoms with E-state index in [4.69, 9.17) is 9.97 Å². The lowest BCUT2D eigenvalue weighted by Crippen LogP contribution is -1.93. The minimum absolute atomic E-state index is 0.305. The van der Waals surface area contributed by atoms with Gasteiger partial charge in [0.2, 0.25) is 0 Å². The highest BCUT2D eigenvalue weighted by atomic mass is 19.1. The first-order valence-electron chi connectivity index (χ1n) is 40.4. The summed E-state index contributed by atoms with van der Waals surface area (Å²) in [5, 5.41) is 14.4. The fourth-order valence-electron chi connectivity index (χ4n) is 12.1. The average molecular weight is 1620 g/mol. The molecule has 0 radical (unpaired) electrons. The van der Waals surface area contributed by atoms with Gasteiger partial charge in [-0.3, -0.25) is 34.9 Å². The second-order valence-corrected chi connectivity index (χ2v) is 28.5. The van der Waals surface area contributed by atoms with E-state index in [0.717, 1.165) is 102 Å². The number of aryl methyl sites for hydroxylation is 9. The Morgan fingerprint density at radius 2 is 0.621 bits per heavy atom. The first-order chi connectivity index (χ1) is 60.6. The lowest BCUT2D eigenvalue weighted by molar-refractivity contribution is 0.622. The Hall–Kier alpha value is -15.9. The van der Waals surface area contributed by atoms with Gasteiger partial charge >= 0.3 is 0 Å². The molecule has 0 bridgehead atoms. The zero-order valence-corrected chi connectivity index (χ0v) is 70.9. The Morgan fingerprint density at radius 1 is 0.194 bits per heavy atom. The van der Waals surface area contributed by atoms with Crippen LogP contribution in [0.3, 0.4) is 0 Å². The molecule has 0 spiro atoms. The summed E-state index contributed by atoms with van der Waals surface area (Å²) >= 11 is 0. The molecule has 19 aromatic rings. The highest BCUT2D eigenvalue weighted by Crippen LogP contribution is 2.31. The molecule has 0 saturated heterocycles. The number of pyridine rings is 9. The quantitative estimate of drug-likeness (QED) is 0.125.